The van der Waals surface area contributed by atoms with Crippen LogP contribution in [0.25, 0.3) is 11.3 Å². The Morgan fingerprint density at radius 1 is 1.03 bits per heavy atom. The topological polar surface area (TPSA) is 54.9 Å². The van der Waals surface area contributed by atoms with Crippen LogP contribution >= 0.6 is 35.0 Å². The Morgan fingerprint density at radius 2 is 1.67 bits per heavy atom. The van der Waals surface area contributed by atoms with E-state index >= 15 is 0 Å². The fourth-order valence-electron chi connectivity index (χ4n) is 2.43. The van der Waals surface area contributed by atoms with Gasteiger partial charge in [-0.3, -0.25) is 4.79 Å². The van der Waals surface area contributed by atoms with Gasteiger partial charge in [-0.15, -0.1) is 0 Å². The van der Waals surface area contributed by atoms with Crippen molar-refractivity contribution in [1.82, 2.24) is 9.97 Å². The van der Waals surface area contributed by atoms with Gasteiger partial charge in [-0.1, -0.05) is 71.4 Å². The molecule has 1 heterocycles. The first-order valence-corrected chi connectivity index (χ1v) is 10.2. The van der Waals surface area contributed by atoms with E-state index in [1.807, 2.05) is 0 Å². The number of carbonyl (C=O) groups excluding carboxylic acids is 1. The molecule has 0 aliphatic heterocycles. The lowest BCUT2D eigenvalue weighted by Crippen LogP contribution is -2.23. The van der Waals surface area contributed by atoms with Crippen LogP contribution < -0.4 is 5.32 Å². The monoisotopic (exact) mass is 471 g/mol. The molecule has 30 heavy (non-hydrogen) atoms. The lowest BCUT2D eigenvalue weighted by Gasteiger charge is -2.15. The number of benzene rings is 2. The third-order valence-electron chi connectivity index (χ3n) is 3.93. The second kappa shape index (κ2) is 9.24. The molecule has 0 saturated carbocycles. The van der Waals surface area contributed by atoms with Gasteiger partial charge in [0.25, 0.3) is 0 Å². The molecule has 0 saturated heterocycles. The summed E-state index contributed by atoms with van der Waals surface area (Å²) in [5, 5.41) is 2.09. The molecule has 156 valence electrons. The number of para-hydroxylation sites is 1. The Labute approximate surface area is 184 Å². The summed E-state index contributed by atoms with van der Waals surface area (Å²) in [6.45, 7) is 1.52. The van der Waals surface area contributed by atoms with Crippen molar-refractivity contribution in [3.8, 4) is 11.3 Å². The van der Waals surface area contributed by atoms with Crippen molar-refractivity contribution in [1.29, 1.82) is 0 Å². The molecule has 1 atom stereocenters. The number of nitrogens with one attached hydrogen (secondary N) is 1. The maximum absolute atomic E-state index is 13.3. The Balaban J connectivity index is 1.87. The third kappa shape index (κ3) is 5.44. The van der Waals surface area contributed by atoms with E-state index in [1.165, 1.54) is 6.92 Å². The molecule has 0 fully saturated rings. The number of halogens is 5. The van der Waals surface area contributed by atoms with Gasteiger partial charge in [-0.05, 0) is 25.1 Å². The molecular formula is C20H14Cl2F3N3OS. The van der Waals surface area contributed by atoms with Crippen molar-refractivity contribution in [3.05, 3.63) is 70.3 Å². The van der Waals surface area contributed by atoms with Crippen molar-refractivity contribution < 1.29 is 18.0 Å². The molecule has 0 spiro atoms. The molecule has 0 aliphatic rings. The predicted molar refractivity (Wildman–Crippen MR) is 113 cm³/mol. The second-order valence-electron chi connectivity index (χ2n) is 6.13. The number of amides is 1. The highest BCUT2D eigenvalue weighted by Gasteiger charge is 2.34. The Kier molecular flexibility index (Phi) is 6.90. The molecule has 1 unspecified atom stereocenters. The highest BCUT2D eigenvalue weighted by molar-refractivity contribution is 8.00. The van der Waals surface area contributed by atoms with Crippen LogP contribution in [0.3, 0.4) is 0 Å². The molecule has 10 heteroatoms. The smallest absolute Gasteiger partial charge is 0.323 e. The first kappa shape index (κ1) is 22.4. The number of aromatic nitrogens is 2. The van der Waals surface area contributed by atoms with Gasteiger partial charge >= 0.3 is 6.18 Å². The number of rotatable bonds is 5. The molecule has 2 aromatic carbocycles. The van der Waals surface area contributed by atoms with Gasteiger partial charge in [0.1, 0.15) is 5.69 Å². The summed E-state index contributed by atoms with van der Waals surface area (Å²) in [7, 11) is 0. The van der Waals surface area contributed by atoms with Crippen molar-refractivity contribution in [2.24, 2.45) is 0 Å². The van der Waals surface area contributed by atoms with E-state index in [0.717, 1.165) is 17.8 Å². The van der Waals surface area contributed by atoms with Crippen LogP contribution in [0.1, 0.15) is 12.6 Å². The van der Waals surface area contributed by atoms with E-state index in [2.05, 4.69) is 15.3 Å². The third-order valence-corrected chi connectivity index (χ3v) is 5.52. The normalized spacial score (nSPS) is 12.5. The predicted octanol–water partition coefficient (Wildman–Crippen LogP) is 6.59. The van der Waals surface area contributed by atoms with Crippen LogP contribution in [0.2, 0.25) is 10.0 Å². The first-order valence-electron chi connectivity index (χ1n) is 8.58. The quantitative estimate of drug-likeness (QED) is 0.336. The minimum atomic E-state index is -4.65. The Hall–Kier alpha value is -2.29. The van der Waals surface area contributed by atoms with Gasteiger partial charge in [-0.25, -0.2) is 9.97 Å². The van der Waals surface area contributed by atoms with Gasteiger partial charge in [0, 0.05) is 5.56 Å². The molecule has 1 N–H and O–H groups in total. The summed E-state index contributed by atoms with van der Waals surface area (Å²) in [6.07, 6.45) is -4.65. The van der Waals surface area contributed by atoms with Crippen LogP contribution in [-0.2, 0) is 11.0 Å². The molecule has 3 aromatic rings. The van der Waals surface area contributed by atoms with E-state index in [0.29, 0.717) is 5.56 Å². The van der Waals surface area contributed by atoms with E-state index < -0.39 is 23.0 Å². The summed E-state index contributed by atoms with van der Waals surface area (Å²) in [6, 6.07) is 14.1. The second-order valence-corrected chi connectivity index (χ2v) is 8.25. The van der Waals surface area contributed by atoms with E-state index in [1.54, 1.807) is 48.5 Å². The molecule has 0 radical (unpaired) electrons. The number of alkyl halides is 3. The Morgan fingerprint density at radius 3 is 2.27 bits per heavy atom. The summed E-state index contributed by atoms with van der Waals surface area (Å²) < 4.78 is 40.0. The van der Waals surface area contributed by atoms with Crippen LogP contribution in [0.5, 0.6) is 0 Å². The maximum atomic E-state index is 13.3. The van der Waals surface area contributed by atoms with E-state index in [-0.39, 0.29) is 26.6 Å². The van der Waals surface area contributed by atoms with E-state index in [4.69, 9.17) is 23.2 Å². The molecule has 3 rings (SSSR count). The number of hydrogen-bond donors (Lipinski definition) is 1. The zero-order chi connectivity index (χ0) is 21.9. The SMILES string of the molecule is CC(Sc1nc(-c2ccccc2)cc(C(F)(F)F)n1)C(=O)Nc1c(Cl)cccc1Cl. The Bertz CT molecular complexity index is 1040. The molecule has 0 bridgehead atoms. The van der Waals surface area contributed by atoms with Crippen molar-refractivity contribution in [2.75, 3.05) is 5.32 Å². The zero-order valence-corrected chi connectivity index (χ0v) is 17.7. The van der Waals surface area contributed by atoms with Crippen LogP contribution in [0.15, 0.2) is 59.8 Å². The molecule has 1 amide bonds. The van der Waals surface area contributed by atoms with Crippen LogP contribution in [0, 0.1) is 0 Å². The average Bonchev–Trinajstić information content (AvgIpc) is 2.70. The summed E-state index contributed by atoms with van der Waals surface area (Å²) in [4.78, 5) is 20.3. The summed E-state index contributed by atoms with van der Waals surface area (Å²) >= 11 is 12.9. The van der Waals surface area contributed by atoms with Gasteiger partial charge in [-0.2, -0.15) is 13.2 Å². The molecular weight excluding hydrogens is 458 g/mol. The minimum Gasteiger partial charge on any atom is -0.323 e. The fraction of sp³-hybridized carbons (Fsp3) is 0.150. The van der Waals surface area contributed by atoms with E-state index in [9.17, 15) is 18.0 Å². The number of thioether (sulfide) groups is 1. The highest BCUT2D eigenvalue weighted by Crippen LogP contribution is 2.34. The standard InChI is InChI=1S/C20H14Cl2F3N3OS/c1-11(18(29)28-17-13(21)8-5-9-14(17)22)30-19-26-15(12-6-3-2-4-7-12)10-16(27-19)20(23,24)25/h2-11H,1H3,(H,28,29). The van der Waals surface area contributed by atoms with Gasteiger partial charge in [0.15, 0.2) is 5.16 Å². The van der Waals surface area contributed by atoms with Crippen LogP contribution in [-0.4, -0.2) is 21.1 Å². The minimum absolute atomic E-state index is 0.113. The van der Waals surface area contributed by atoms with Crippen molar-refractivity contribution in [2.45, 2.75) is 23.5 Å². The van der Waals surface area contributed by atoms with Gasteiger partial charge < -0.3 is 5.32 Å². The fourth-order valence-corrected chi connectivity index (χ4v) is 3.71. The highest BCUT2D eigenvalue weighted by atomic mass is 35.5. The molecule has 1 aromatic heterocycles. The molecule has 0 aliphatic carbocycles. The van der Waals surface area contributed by atoms with Crippen molar-refractivity contribution >= 4 is 46.6 Å². The lowest BCUT2D eigenvalue weighted by molar-refractivity contribution is -0.141. The number of anilines is 1. The molecule has 4 nitrogen and oxygen atoms in total. The number of nitrogens with zero attached hydrogens (tertiary/aromatic N) is 2. The largest absolute Gasteiger partial charge is 0.433 e. The first-order chi connectivity index (χ1) is 14.1. The zero-order valence-electron chi connectivity index (χ0n) is 15.4. The number of hydrogen-bond acceptors (Lipinski definition) is 4. The summed E-state index contributed by atoms with van der Waals surface area (Å²) in [5.41, 5.74) is -0.233. The number of carbonyl (C=O) groups is 1. The van der Waals surface area contributed by atoms with Gasteiger partial charge in [0.2, 0.25) is 5.91 Å². The van der Waals surface area contributed by atoms with Crippen molar-refractivity contribution in [3.63, 3.8) is 0 Å². The average molecular weight is 472 g/mol. The van der Waals surface area contributed by atoms with Gasteiger partial charge in [0.05, 0.1) is 26.7 Å². The summed E-state index contributed by atoms with van der Waals surface area (Å²) in [5.74, 6) is -0.503. The lowest BCUT2D eigenvalue weighted by atomic mass is 10.1. The maximum Gasteiger partial charge on any atom is 0.433 e. The van der Waals surface area contributed by atoms with Crippen LogP contribution in [0.4, 0.5) is 18.9 Å².